The molecule has 0 aliphatic rings. The van der Waals surface area contributed by atoms with Crippen molar-refractivity contribution in [3.05, 3.63) is 64.9 Å². The van der Waals surface area contributed by atoms with Crippen molar-refractivity contribution in [2.75, 3.05) is 0 Å². The summed E-state index contributed by atoms with van der Waals surface area (Å²) in [5, 5.41) is 4.26. The van der Waals surface area contributed by atoms with E-state index in [1.807, 2.05) is 0 Å². The Morgan fingerprint density at radius 3 is 2.24 bits per heavy atom. The monoisotopic (exact) mass is 326 g/mol. The Labute approximate surface area is 127 Å². The zero-order valence-electron chi connectivity index (χ0n) is 11.0. The fourth-order valence-corrected chi connectivity index (χ4v) is 2.53. The zero-order valence-corrected chi connectivity index (χ0v) is 12.6. The van der Waals surface area contributed by atoms with E-state index in [-0.39, 0.29) is 10.7 Å². The van der Waals surface area contributed by atoms with Crippen molar-refractivity contribution in [1.82, 2.24) is 4.83 Å². The molecule has 7 heteroatoms. The molecule has 0 bridgehead atoms. The molecule has 0 unspecified atom stereocenters. The van der Waals surface area contributed by atoms with E-state index in [4.69, 9.17) is 11.6 Å². The predicted octanol–water partition coefficient (Wildman–Crippen LogP) is 3.18. The molecule has 2 rings (SSSR count). The van der Waals surface area contributed by atoms with E-state index in [0.717, 1.165) is 0 Å². The number of hydrazone groups is 1. The normalized spacial score (nSPS) is 12.2. The Morgan fingerprint density at radius 2 is 1.67 bits per heavy atom. The van der Waals surface area contributed by atoms with E-state index in [2.05, 4.69) is 9.93 Å². The fourth-order valence-electron chi connectivity index (χ4n) is 1.55. The lowest BCUT2D eigenvalue weighted by atomic mass is 10.1. The largest absolute Gasteiger partial charge is 0.276 e. The summed E-state index contributed by atoms with van der Waals surface area (Å²) in [7, 11) is -3.76. The lowest BCUT2D eigenvalue weighted by Crippen LogP contribution is -2.19. The first-order chi connectivity index (χ1) is 9.88. The number of nitrogens with zero attached hydrogens (tertiary/aromatic N) is 1. The molecule has 0 fully saturated rings. The highest BCUT2D eigenvalue weighted by Crippen LogP contribution is 2.14. The average molecular weight is 327 g/mol. The summed E-state index contributed by atoms with van der Waals surface area (Å²) >= 11 is 5.71. The Bertz CT molecular complexity index is 757. The summed E-state index contributed by atoms with van der Waals surface area (Å²) in [5.41, 5.74) is 1.04. The first-order valence-electron chi connectivity index (χ1n) is 5.96. The number of sulfonamides is 1. The van der Waals surface area contributed by atoms with Crippen LogP contribution in [0.3, 0.4) is 0 Å². The smallest absolute Gasteiger partial charge is 0.207 e. The molecule has 0 spiro atoms. The molecule has 0 aliphatic heterocycles. The van der Waals surface area contributed by atoms with Crippen molar-refractivity contribution in [3.8, 4) is 0 Å². The van der Waals surface area contributed by atoms with Gasteiger partial charge in [0, 0.05) is 5.02 Å². The quantitative estimate of drug-likeness (QED) is 0.693. The minimum absolute atomic E-state index is 0.0579. The van der Waals surface area contributed by atoms with Gasteiger partial charge in [-0.05, 0) is 48.9 Å². The standard InChI is InChI=1S/C14H12ClFN2O2S/c1-10(11-2-6-13(16)7-3-11)17-18-21(19,20)14-8-4-12(15)5-9-14/h2-9,18H,1H3. The highest BCUT2D eigenvalue weighted by molar-refractivity contribution is 7.89. The third-order valence-corrected chi connectivity index (χ3v) is 4.20. The minimum Gasteiger partial charge on any atom is -0.207 e. The molecular weight excluding hydrogens is 315 g/mol. The molecule has 0 saturated heterocycles. The van der Waals surface area contributed by atoms with E-state index in [0.29, 0.717) is 16.3 Å². The van der Waals surface area contributed by atoms with Gasteiger partial charge in [0.05, 0.1) is 10.6 Å². The van der Waals surface area contributed by atoms with Crippen LogP contribution in [0.2, 0.25) is 5.02 Å². The topological polar surface area (TPSA) is 58.5 Å². The maximum absolute atomic E-state index is 12.8. The van der Waals surface area contributed by atoms with Gasteiger partial charge in [-0.1, -0.05) is 23.7 Å². The van der Waals surface area contributed by atoms with E-state index < -0.39 is 10.0 Å². The van der Waals surface area contributed by atoms with Crippen LogP contribution in [0, 0.1) is 5.82 Å². The van der Waals surface area contributed by atoms with Gasteiger partial charge in [-0.3, -0.25) is 0 Å². The average Bonchev–Trinajstić information content (AvgIpc) is 2.46. The van der Waals surface area contributed by atoms with Crippen LogP contribution >= 0.6 is 11.6 Å². The lowest BCUT2D eigenvalue weighted by Gasteiger charge is -2.05. The van der Waals surface area contributed by atoms with E-state index in [1.165, 1.54) is 48.5 Å². The summed E-state index contributed by atoms with van der Waals surface area (Å²) < 4.78 is 36.8. The van der Waals surface area contributed by atoms with Crippen LogP contribution in [-0.4, -0.2) is 14.1 Å². The molecule has 21 heavy (non-hydrogen) atoms. The molecule has 0 aliphatic carbocycles. The van der Waals surface area contributed by atoms with Crippen LogP contribution < -0.4 is 4.83 Å². The fraction of sp³-hybridized carbons (Fsp3) is 0.0714. The molecule has 2 aromatic rings. The van der Waals surface area contributed by atoms with Gasteiger partial charge in [0.2, 0.25) is 0 Å². The number of benzene rings is 2. The predicted molar refractivity (Wildman–Crippen MR) is 80.4 cm³/mol. The van der Waals surface area contributed by atoms with Gasteiger partial charge in [-0.15, -0.1) is 0 Å². The highest BCUT2D eigenvalue weighted by atomic mass is 35.5. The zero-order chi connectivity index (χ0) is 15.5. The van der Waals surface area contributed by atoms with E-state index >= 15 is 0 Å². The summed E-state index contributed by atoms with van der Waals surface area (Å²) in [4.78, 5) is 2.19. The number of nitrogens with one attached hydrogen (secondary N) is 1. The molecule has 0 radical (unpaired) electrons. The van der Waals surface area contributed by atoms with Gasteiger partial charge in [0.25, 0.3) is 10.0 Å². The molecule has 0 saturated carbocycles. The molecule has 0 heterocycles. The summed E-state index contributed by atoms with van der Waals surface area (Å²) in [6.45, 7) is 1.62. The number of halogens is 2. The first kappa shape index (κ1) is 15.5. The maximum Gasteiger partial charge on any atom is 0.276 e. The molecule has 0 amide bonds. The van der Waals surface area contributed by atoms with Gasteiger partial charge in [-0.25, -0.2) is 4.39 Å². The van der Waals surface area contributed by atoms with Crippen LogP contribution in [0.15, 0.2) is 58.5 Å². The van der Waals surface area contributed by atoms with E-state index in [9.17, 15) is 12.8 Å². The number of hydrogen-bond acceptors (Lipinski definition) is 3. The summed E-state index contributed by atoms with van der Waals surface area (Å²) in [6.07, 6.45) is 0. The maximum atomic E-state index is 12.8. The molecule has 1 N–H and O–H groups in total. The van der Waals surface area contributed by atoms with Gasteiger partial charge in [0.15, 0.2) is 0 Å². The van der Waals surface area contributed by atoms with Crippen LogP contribution in [-0.2, 0) is 10.0 Å². The molecule has 0 aromatic heterocycles. The minimum atomic E-state index is -3.76. The number of hydrogen-bond donors (Lipinski definition) is 1. The Morgan fingerprint density at radius 1 is 1.10 bits per heavy atom. The molecule has 110 valence electrons. The van der Waals surface area contributed by atoms with Crippen LogP contribution in [0.1, 0.15) is 12.5 Å². The lowest BCUT2D eigenvalue weighted by molar-refractivity contribution is 0.584. The van der Waals surface area contributed by atoms with Crippen molar-refractivity contribution in [3.63, 3.8) is 0 Å². The second kappa shape index (κ2) is 6.24. The Hall–Kier alpha value is -1.92. The Balaban J connectivity index is 2.18. The summed E-state index contributed by atoms with van der Waals surface area (Å²) in [5.74, 6) is -0.367. The first-order valence-corrected chi connectivity index (χ1v) is 7.82. The Kier molecular flexibility index (Phi) is 4.59. The molecule has 4 nitrogen and oxygen atoms in total. The van der Waals surface area contributed by atoms with Crippen molar-refractivity contribution in [2.24, 2.45) is 5.10 Å². The van der Waals surface area contributed by atoms with Crippen molar-refractivity contribution in [2.45, 2.75) is 11.8 Å². The van der Waals surface area contributed by atoms with Crippen molar-refractivity contribution in [1.29, 1.82) is 0 Å². The molecule has 0 atom stereocenters. The van der Waals surface area contributed by atoms with Gasteiger partial charge in [0.1, 0.15) is 5.82 Å². The third kappa shape index (κ3) is 4.03. The van der Waals surface area contributed by atoms with Gasteiger partial charge < -0.3 is 0 Å². The second-order valence-electron chi connectivity index (χ2n) is 4.25. The highest BCUT2D eigenvalue weighted by Gasteiger charge is 2.12. The summed E-state index contributed by atoms with van der Waals surface area (Å²) in [6, 6.07) is 11.3. The van der Waals surface area contributed by atoms with Crippen LogP contribution in [0.4, 0.5) is 4.39 Å². The second-order valence-corrected chi connectivity index (χ2v) is 6.35. The van der Waals surface area contributed by atoms with Crippen molar-refractivity contribution < 1.29 is 12.8 Å². The van der Waals surface area contributed by atoms with Gasteiger partial charge in [-0.2, -0.15) is 18.4 Å². The SMILES string of the molecule is CC(=NNS(=O)(=O)c1ccc(Cl)cc1)c1ccc(F)cc1. The molecular formula is C14H12ClFN2O2S. The van der Waals surface area contributed by atoms with Crippen molar-refractivity contribution >= 4 is 27.3 Å². The van der Waals surface area contributed by atoms with E-state index in [1.54, 1.807) is 6.92 Å². The number of rotatable bonds is 4. The third-order valence-electron chi connectivity index (χ3n) is 2.72. The molecule has 2 aromatic carbocycles. The van der Waals surface area contributed by atoms with Crippen LogP contribution in [0.25, 0.3) is 0 Å². The van der Waals surface area contributed by atoms with Gasteiger partial charge >= 0.3 is 0 Å². The van der Waals surface area contributed by atoms with Crippen LogP contribution in [0.5, 0.6) is 0 Å².